The molecule has 138 valence electrons. The fourth-order valence-corrected chi connectivity index (χ4v) is 3.45. The Kier molecular flexibility index (Phi) is 5.68. The Bertz CT molecular complexity index is 769. The number of rotatable bonds is 6. The van der Waals surface area contributed by atoms with Gasteiger partial charge in [0, 0.05) is 31.4 Å². The summed E-state index contributed by atoms with van der Waals surface area (Å²) in [5, 5.41) is 9.10. The van der Waals surface area contributed by atoms with Crippen molar-refractivity contribution in [2.75, 3.05) is 13.1 Å². The quantitative estimate of drug-likeness (QED) is 0.800. The van der Waals surface area contributed by atoms with E-state index in [4.69, 9.17) is 10.8 Å². The van der Waals surface area contributed by atoms with Crippen molar-refractivity contribution in [2.24, 2.45) is 5.73 Å². The van der Waals surface area contributed by atoms with E-state index in [-0.39, 0.29) is 25.0 Å². The highest BCUT2D eigenvalue weighted by Crippen LogP contribution is 2.26. The van der Waals surface area contributed by atoms with Crippen molar-refractivity contribution in [2.45, 2.75) is 38.3 Å². The van der Waals surface area contributed by atoms with Crippen LogP contribution in [0, 0.1) is 0 Å². The number of aliphatic hydroxyl groups is 1. The van der Waals surface area contributed by atoms with Gasteiger partial charge in [-0.05, 0) is 24.0 Å². The first-order chi connectivity index (χ1) is 12.6. The summed E-state index contributed by atoms with van der Waals surface area (Å²) in [6, 6.07) is 7.43. The first-order valence-corrected chi connectivity index (χ1v) is 8.82. The fourth-order valence-electron chi connectivity index (χ4n) is 3.45. The summed E-state index contributed by atoms with van der Waals surface area (Å²) in [6.07, 6.45) is 5.60. The number of primary amides is 1. The fraction of sp³-hybridized carbons (Fsp3) is 0.421. The largest absolute Gasteiger partial charge is 0.392 e. The second kappa shape index (κ2) is 8.14. The van der Waals surface area contributed by atoms with Gasteiger partial charge in [0.05, 0.1) is 13.0 Å². The summed E-state index contributed by atoms with van der Waals surface area (Å²) >= 11 is 0. The summed E-state index contributed by atoms with van der Waals surface area (Å²) in [5.41, 5.74) is 7.07. The minimum Gasteiger partial charge on any atom is -0.392 e. The van der Waals surface area contributed by atoms with Crippen molar-refractivity contribution < 1.29 is 14.7 Å². The zero-order valence-corrected chi connectivity index (χ0v) is 14.7. The maximum atomic E-state index is 12.7. The van der Waals surface area contributed by atoms with E-state index in [0.717, 1.165) is 36.3 Å². The normalized spacial score (nSPS) is 17.3. The van der Waals surface area contributed by atoms with E-state index < -0.39 is 5.91 Å². The number of imidazole rings is 1. The van der Waals surface area contributed by atoms with Crippen molar-refractivity contribution in [3.63, 3.8) is 0 Å². The molecule has 0 radical (unpaired) electrons. The molecule has 1 aromatic heterocycles. The van der Waals surface area contributed by atoms with Crippen molar-refractivity contribution in [3.8, 4) is 0 Å². The van der Waals surface area contributed by atoms with Gasteiger partial charge in [-0.25, -0.2) is 4.98 Å². The van der Waals surface area contributed by atoms with Crippen LogP contribution < -0.4 is 5.73 Å². The lowest BCUT2D eigenvalue weighted by Gasteiger charge is -2.32. The van der Waals surface area contributed by atoms with Gasteiger partial charge in [-0.3, -0.25) is 9.59 Å². The van der Waals surface area contributed by atoms with E-state index in [0.29, 0.717) is 13.0 Å². The summed E-state index contributed by atoms with van der Waals surface area (Å²) in [4.78, 5) is 30.1. The smallest absolute Gasteiger partial charge is 0.237 e. The molecule has 1 aromatic carbocycles. The molecule has 1 saturated heterocycles. The summed E-state index contributed by atoms with van der Waals surface area (Å²) in [6.45, 7) is 1.45. The average molecular weight is 356 g/mol. The van der Waals surface area contributed by atoms with Gasteiger partial charge in [-0.2, -0.15) is 0 Å². The molecule has 3 rings (SSSR count). The second-order valence-corrected chi connectivity index (χ2v) is 6.71. The van der Waals surface area contributed by atoms with Crippen molar-refractivity contribution in [1.82, 2.24) is 14.5 Å². The van der Waals surface area contributed by atoms with Crippen LogP contribution >= 0.6 is 0 Å². The number of hydrogen-bond donors (Lipinski definition) is 2. The minimum atomic E-state index is -0.403. The lowest BCUT2D eigenvalue weighted by atomic mass is 9.96. The highest BCUT2D eigenvalue weighted by Gasteiger charge is 2.27. The molecule has 3 N–H and O–H groups in total. The molecule has 0 unspecified atom stereocenters. The number of benzene rings is 1. The predicted octanol–water partition coefficient (Wildman–Crippen LogP) is 0.809. The Balaban J connectivity index is 1.65. The van der Waals surface area contributed by atoms with Gasteiger partial charge in [-0.1, -0.05) is 24.3 Å². The molecule has 7 nitrogen and oxygen atoms in total. The van der Waals surface area contributed by atoms with Crippen molar-refractivity contribution in [1.29, 1.82) is 0 Å². The van der Waals surface area contributed by atoms with Gasteiger partial charge in [0.2, 0.25) is 11.8 Å². The number of likely N-dealkylation sites (tertiary alicyclic amines) is 1. The average Bonchev–Trinajstić information content (AvgIpc) is 3.10. The molecule has 2 heterocycles. The molecule has 1 fully saturated rings. The third-order valence-corrected chi connectivity index (χ3v) is 4.77. The Morgan fingerprint density at radius 2 is 1.96 bits per heavy atom. The number of nitrogens with two attached hydrogens (primary N) is 1. The minimum absolute atomic E-state index is 0.0000185. The van der Waals surface area contributed by atoms with Gasteiger partial charge < -0.3 is 20.3 Å². The zero-order chi connectivity index (χ0) is 18.5. The van der Waals surface area contributed by atoms with E-state index >= 15 is 0 Å². The maximum absolute atomic E-state index is 12.7. The Morgan fingerprint density at radius 1 is 1.23 bits per heavy atom. The van der Waals surface area contributed by atoms with Crippen LogP contribution in [0.1, 0.15) is 35.7 Å². The number of aliphatic hydroxyl groups excluding tert-OH is 1. The second-order valence-electron chi connectivity index (χ2n) is 6.71. The zero-order valence-electron chi connectivity index (χ0n) is 14.7. The molecule has 7 heteroatoms. The third kappa shape index (κ3) is 4.29. The molecular formula is C19H24N4O3. The van der Waals surface area contributed by atoms with Crippen LogP contribution in [0.25, 0.3) is 0 Å². The lowest BCUT2D eigenvalue weighted by molar-refractivity contribution is -0.131. The number of nitrogens with zero attached hydrogens (tertiary/aromatic N) is 3. The van der Waals surface area contributed by atoms with Crippen molar-refractivity contribution in [3.05, 3.63) is 53.6 Å². The van der Waals surface area contributed by atoms with Crippen LogP contribution in [0.15, 0.2) is 36.7 Å². The molecule has 1 aliphatic heterocycles. The third-order valence-electron chi connectivity index (χ3n) is 4.77. The van der Waals surface area contributed by atoms with Gasteiger partial charge >= 0.3 is 0 Å². The van der Waals surface area contributed by atoms with E-state index in [2.05, 4.69) is 4.98 Å². The Hall–Kier alpha value is -2.67. The molecule has 1 atom stereocenters. The molecular weight excluding hydrogens is 332 g/mol. The molecule has 0 aliphatic carbocycles. The predicted molar refractivity (Wildman–Crippen MR) is 96.0 cm³/mol. The van der Waals surface area contributed by atoms with Crippen LogP contribution in [-0.2, 0) is 29.2 Å². The summed E-state index contributed by atoms with van der Waals surface area (Å²) in [7, 11) is 0. The molecule has 1 aliphatic rings. The van der Waals surface area contributed by atoms with Crippen LogP contribution in [0.2, 0.25) is 0 Å². The number of carbonyl (C=O) groups excluding carboxylic acids is 2. The van der Waals surface area contributed by atoms with E-state index in [9.17, 15) is 9.59 Å². The topological polar surface area (TPSA) is 101 Å². The molecule has 26 heavy (non-hydrogen) atoms. The van der Waals surface area contributed by atoms with Crippen LogP contribution in [0.4, 0.5) is 0 Å². The Labute approximate surface area is 152 Å². The molecule has 2 amide bonds. The Morgan fingerprint density at radius 3 is 2.65 bits per heavy atom. The SMILES string of the molecule is NC(=O)Cn1ccnc1[C@@H]1CCCN(C(=O)Cc2ccc(CO)cc2)C1. The summed E-state index contributed by atoms with van der Waals surface area (Å²) < 4.78 is 1.77. The molecule has 0 saturated carbocycles. The highest BCUT2D eigenvalue weighted by molar-refractivity contribution is 5.79. The van der Waals surface area contributed by atoms with Crippen LogP contribution in [0.3, 0.4) is 0 Å². The van der Waals surface area contributed by atoms with Crippen molar-refractivity contribution >= 4 is 11.8 Å². The van der Waals surface area contributed by atoms with Gasteiger partial charge in [0.25, 0.3) is 0 Å². The molecule has 0 spiro atoms. The van der Waals surface area contributed by atoms with Crippen LogP contribution in [0.5, 0.6) is 0 Å². The lowest BCUT2D eigenvalue weighted by Crippen LogP contribution is -2.40. The standard InChI is InChI=1S/C19H24N4O3/c20-17(25)12-23-9-7-21-19(23)16-2-1-8-22(11-16)18(26)10-14-3-5-15(13-24)6-4-14/h3-7,9,16,24H,1-2,8,10-13H2,(H2,20,25)/t16-/m1/s1. The number of hydrogen-bond acceptors (Lipinski definition) is 4. The van der Waals surface area contributed by atoms with E-state index in [1.54, 1.807) is 17.0 Å². The van der Waals surface area contributed by atoms with E-state index in [1.165, 1.54) is 0 Å². The highest BCUT2D eigenvalue weighted by atomic mass is 16.3. The number of amides is 2. The summed E-state index contributed by atoms with van der Waals surface area (Å²) in [5.74, 6) is 0.603. The number of carbonyl (C=O) groups is 2. The number of piperidine rings is 1. The molecule has 2 aromatic rings. The van der Waals surface area contributed by atoms with Gasteiger partial charge in [0.1, 0.15) is 12.4 Å². The van der Waals surface area contributed by atoms with Crippen LogP contribution in [-0.4, -0.2) is 44.5 Å². The van der Waals surface area contributed by atoms with Gasteiger partial charge in [-0.15, -0.1) is 0 Å². The van der Waals surface area contributed by atoms with Gasteiger partial charge in [0.15, 0.2) is 0 Å². The first-order valence-electron chi connectivity index (χ1n) is 8.82. The number of aromatic nitrogens is 2. The monoisotopic (exact) mass is 356 g/mol. The molecule has 0 bridgehead atoms. The maximum Gasteiger partial charge on any atom is 0.237 e. The first kappa shape index (κ1) is 18.1. The van der Waals surface area contributed by atoms with E-state index in [1.807, 2.05) is 29.2 Å².